The molecule has 4 heteroatoms. The Balaban J connectivity index is 1.81. The number of ether oxygens (including phenoxy) is 1. The van der Waals surface area contributed by atoms with Gasteiger partial charge in [0.1, 0.15) is 5.82 Å². The molecule has 0 aliphatic heterocycles. The SMILES string of the molecule is NCCOCCCNc1ccc2ccccc2n1. The summed E-state index contributed by atoms with van der Waals surface area (Å²) in [6.45, 7) is 2.81. The Hall–Kier alpha value is -1.65. The smallest absolute Gasteiger partial charge is 0.126 e. The van der Waals surface area contributed by atoms with E-state index in [4.69, 9.17) is 10.5 Å². The molecule has 0 radical (unpaired) electrons. The molecule has 1 aromatic carbocycles. The van der Waals surface area contributed by atoms with Crippen LogP contribution in [0, 0.1) is 0 Å². The van der Waals surface area contributed by atoms with Gasteiger partial charge in [0.25, 0.3) is 0 Å². The number of nitrogens with two attached hydrogens (primary N) is 1. The number of fused-ring (bicyclic) bond motifs is 1. The van der Waals surface area contributed by atoms with Crippen molar-refractivity contribution >= 4 is 16.7 Å². The molecule has 18 heavy (non-hydrogen) atoms. The van der Waals surface area contributed by atoms with Gasteiger partial charge in [0.15, 0.2) is 0 Å². The molecule has 0 saturated heterocycles. The van der Waals surface area contributed by atoms with Crippen molar-refractivity contribution in [3.63, 3.8) is 0 Å². The third-order valence-corrected chi connectivity index (χ3v) is 2.63. The van der Waals surface area contributed by atoms with E-state index in [-0.39, 0.29) is 0 Å². The fourth-order valence-corrected chi connectivity index (χ4v) is 1.74. The Kier molecular flexibility index (Phi) is 4.93. The molecule has 4 nitrogen and oxygen atoms in total. The third-order valence-electron chi connectivity index (χ3n) is 2.63. The van der Waals surface area contributed by atoms with E-state index in [0.717, 1.165) is 36.3 Å². The lowest BCUT2D eigenvalue weighted by molar-refractivity contribution is 0.141. The van der Waals surface area contributed by atoms with E-state index in [2.05, 4.69) is 22.4 Å². The minimum absolute atomic E-state index is 0.583. The van der Waals surface area contributed by atoms with Crippen molar-refractivity contribution in [2.75, 3.05) is 31.6 Å². The van der Waals surface area contributed by atoms with E-state index in [0.29, 0.717) is 13.2 Å². The van der Waals surface area contributed by atoms with Crippen molar-refractivity contribution in [1.29, 1.82) is 0 Å². The van der Waals surface area contributed by atoms with Gasteiger partial charge in [0, 0.05) is 25.1 Å². The van der Waals surface area contributed by atoms with Crippen LogP contribution in [0.1, 0.15) is 6.42 Å². The van der Waals surface area contributed by atoms with E-state index in [1.807, 2.05) is 24.3 Å². The molecule has 0 atom stereocenters. The van der Waals surface area contributed by atoms with Gasteiger partial charge in [0.05, 0.1) is 12.1 Å². The quantitative estimate of drug-likeness (QED) is 0.733. The number of nitrogens with one attached hydrogen (secondary N) is 1. The number of anilines is 1. The average molecular weight is 245 g/mol. The highest BCUT2D eigenvalue weighted by Crippen LogP contribution is 2.14. The first-order valence-electron chi connectivity index (χ1n) is 6.27. The molecule has 0 unspecified atom stereocenters. The molecule has 1 heterocycles. The molecular weight excluding hydrogens is 226 g/mol. The van der Waals surface area contributed by atoms with E-state index in [1.165, 1.54) is 0 Å². The molecule has 1 aromatic heterocycles. The summed E-state index contributed by atoms with van der Waals surface area (Å²) in [6, 6.07) is 12.2. The maximum Gasteiger partial charge on any atom is 0.126 e. The third kappa shape index (κ3) is 3.68. The largest absolute Gasteiger partial charge is 0.380 e. The second-order valence-corrected chi connectivity index (χ2v) is 4.07. The summed E-state index contributed by atoms with van der Waals surface area (Å²) < 4.78 is 5.31. The van der Waals surface area contributed by atoms with E-state index in [1.54, 1.807) is 0 Å². The lowest BCUT2D eigenvalue weighted by atomic mass is 10.2. The molecule has 0 saturated carbocycles. The zero-order chi connectivity index (χ0) is 12.6. The lowest BCUT2D eigenvalue weighted by Gasteiger charge is -2.07. The number of benzene rings is 1. The molecule has 0 aliphatic carbocycles. The summed E-state index contributed by atoms with van der Waals surface area (Å²) >= 11 is 0. The summed E-state index contributed by atoms with van der Waals surface area (Å²) in [4.78, 5) is 4.54. The zero-order valence-electron chi connectivity index (χ0n) is 10.4. The van der Waals surface area contributed by atoms with Crippen molar-refractivity contribution < 1.29 is 4.74 Å². The predicted molar refractivity (Wildman–Crippen MR) is 74.7 cm³/mol. The molecule has 3 N–H and O–H groups in total. The minimum Gasteiger partial charge on any atom is -0.380 e. The first-order valence-corrected chi connectivity index (χ1v) is 6.27. The highest BCUT2D eigenvalue weighted by Gasteiger charge is 1.96. The van der Waals surface area contributed by atoms with Crippen molar-refractivity contribution in [1.82, 2.24) is 4.98 Å². The number of nitrogens with zero attached hydrogens (tertiary/aromatic N) is 1. The summed E-state index contributed by atoms with van der Waals surface area (Å²) in [6.07, 6.45) is 0.953. The summed E-state index contributed by atoms with van der Waals surface area (Å²) in [5, 5.41) is 4.45. The Bertz CT molecular complexity index is 487. The van der Waals surface area contributed by atoms with Gasteiger partial charge < -0.3 is 15.8 Å². The zero-order valence-corrected chi connectivity index (χ0v) is 10.4. The Morgan fingerprint density at radius 2 is 2.00 bits per heavy atom. The molecule has 0 bridgehead atoms. The van der Waals surface area contributed by atoms with Crippen LogP contribution in [0.3, 0.4) is 0 Å². The van der Waals surface area contributed by atoms with Crippen molar-refractivity contribution in [3.05, 3.63) is 36.4 Å². The molecule has 0 amide bonds. The van der Waals surface area contributed by atoms with Gasteiger partial charge in [-0.15, -0.1) is 0 Å². The molecule has 2 rings (SSSR count). The van der Waals surface area contributed by atoms with Crippen LogP contribution in [-0.4, -0.2) is 31.3 Å². The molecule has 0 spiro atoms. The van der Waals surface area contributed by atoms with Gasteiger partial charge >= 0.3 is 0 Å². The highest BCUT2D eigenvalue weighted by molar-refractivity contribution is 5.79. The van der Waals surface area contributed by atoms with Crippen LogP contribution in [-0.2, 0) is 4.74 Å². The highest BCUT2D eigenvalue weighted by atomic mass is 16.5. The number of aromatic nitrogens is 1. The fourth-order valence-electron chi connectivity index (χ4n) is 1.74. The normalized spacial score (nSPS) is 10.7. The average Bonchev–Trinajstić information content (AvgIpc) is 2.42. The van der Waals surface area contributed by atoms with Gasteiger partial charge in [-0.1, -0.05) is 18.2 Å². The number of hydrogen-bond acceptors (Lipinski definition) is 4. The van der Waals surface area contributed by atoms with E-state index >= 15 is 0 Å². The first-order chi connectivity index (χ1) is 8.90. The molecular formula is C14H19N3O. The maximum atomic E-state index is 5.34. The van der Waals surface area contributed by atoms with Crippen LogP contribution < -0.4 is 11.1 Å². The van der Waals surface area contributed by atoms with Crippen molar-refractivity contribution in [3.8, 4) is 0 Å². The number of pyridine rings is 1. The van der Waals surface area contributed by atoms with Crippen LogP contribution >= 0.6 is 0 Å². The van der Waals surface area contributed by atoms with Crippen LogP contribution in [0.2, 0.25) is 0 Å². The van der Waals surface area contributed by atoms with Gasteiger partial charge in [-0.2, -0.15) is 0 Å². The molecule has 2 aromatic rings. The van der Waals surface area contributed by atoms with Gasteiger partial charge in [-0.25, -0.2) is 4.98 Å². The fraction of sp³-hybridized carbons (Fsp3) is 0.357. The second-order valence-electron chi connectivity index (χ2n) is 4.07. The summed E-state index contributed by atoms with van der Waals surface area (Å²) in [7, 11) is 0. The van der Waals surface area contributed by atoms with Crippen molar-refractivity contribution in [2.24, 2.45) is 5.73 Å². The van der Waals surface area contributed by atoms with Crippen LogP contribution in [0.15, 0.2) is 36.4 Å². The predicted octanol–water partition coefficient (Wildman–Crippen LogP) is 2.01. The topological polar surface area (TPSA) is 60.2 Å². The monoisotopic (exact) mass is 245 g/mol. The standard InChI is InChI=1S/C14H19N3O/c15-8-11-18-10-3-9-16-14-7-6-12-4-1-2-5-13(12)17-14/h1-2,4-7H,3,8-11,15H2,(H,16,17). The maximum absolute atomic E-state index is 5.34. The lowest BCUT2D eigenvalue weighted by Crippen LogP contribution is -2.11. The Labute approximate surface area is 107 Å². The van der Waals surface area contributed by atoms with Gasteiger partial charge in [-0.3, -0.25) is 0 Å². The van der Waals surface area contributed by atoms with Crippen LogP contribution in [0.5, 0.6) is 0 Å². The second kappa shape index (κ2) is 6.93. The minimum atomic E-state index is 0.583. The molecule has 0 fully saturated rings. The van der Waals surface area contributed by atoms with Crippen LogP contribution in [0.4, 0.5) is 5.82 Å². The van der Waals surface area contributed by atoms with Gasteiger partial charge in [0.2, 0.25) is 0 Å². The molecule has 96 valence electrons. The summed E-state index contributed by atoms with van der Waals surface area (Å²) in [5.74, 6) is 0.910. The van der Waals surface area contributed by atoms with Crippen LogP contribution in [0.25, 0.3) is 10.9 Å². The number of para-hydroxylation sites is 1. The first kappa shape index (κ1) is 12.8. The Morgan fingerprint density at radius 1 is 1.11 bits per heavy atom. The van der Waals surface area contributed by atoms with E-state index in [9.17, 15) is 0 Å². The van der Waals surface area contributed by atoms with Gasteiger partial charge in [-0.05, 0) is 24.6 Å². The van der Waals surface area contributed by atoms with Crippen molar-refractivity contribution in [2.45, 2.75) is 6.42 Å². The molecule has 0 aliphatic rings. The number of hydrogen-bond donors (Lipinski definition) is 2. The summed E-state index contributed by atoms with van der Waals surface area (Å²) in [5.41, 5.74) is 6.35. The van der Waals surface area contributed by atoms with E-state index < -0.39 is 0 Å². The number of rotatable bonds is 7. The Morgan fingerprint density at radius 3 is 2.89 bits per heavy atom.